The molecule has 104 valence electrons. The van der Waals surface area contributed by atoms with Crippen LogP contribution in [-0.2, 0) is 0 Å². The van der Waals surface area contributed by atoms with Gasteiger partial charge in [-0.3, -0.25) is 4.98 Å². The molecule has 2 aromatic heterocycles. The number of carboxylic acids is 1. The van der Waals surface area contributed by atoms with Crippen LogP contribution in [0.2, 0.25) is 0 Å². The Bertz CT molecular complexity index is 779. The summed E-state index contributed by atoms with van der Waals surface area (Å²) in [6.07, 6.45) is 3.22. The molecule has 0 bridgehead atoms. The Hall–Kier alpha value is -3.02. The Morgan fingerprint density at radius 2 is 1.95 bits per heavy atom. The summed E-state index contributed by atoms with van der Waals surface area (Å²) in [5.74, 6) is -1.12. The van der Waals surface area contributed by atoms with Crippen LogP contribution < -0.4 is 0 Å². The molecule has 6 heteroatoms. The molecule has 0 fully saturated rings. The molecule has 21 heavy (non-hydrogen) atoms. The van der Waals surface area contributed by atoms with Crippen molar-refractivity contribution in [1.82, 2.24) is 20.0 Å². The molecule has 0 aliphatic heterocycles. The van der Waals surface area contributed by atoms with Gasteiger partial charge in [0, 0.05) is 18.0 Å². The number of carbonyl (C=O) groups is 1. The standard InChI is InChI=1S/C15H12N4O2/c1-10-4-6-12(7-5-10)19-14(11-3-2-8-16-9-11)13(15(20)21)17-18-19/h2-9H,1H3,(H,20,21). The lowest BCUT2D eigenvalue weighted by Gasteiger charge is -2.07. The van der Waals surface area contributed by atoms with Crippen molar-refractivity contribution in [3.8, 4) is 16.9 Å². The Balaban J connectivity index is 2.22. The molecule has 0 aliphatic rings. The molecular weight excluding hydrogens is 268 g/mol. The molecule has 0 saturated heterocycles. The zero-order chi connectivity index (χ0) is 14.8. The van der Waals surface area contributed by atoms with Crippen LogP contribution in [0.15, 0.2) is 48.8 Å². The van der Waals surface area contributed by atoms with Gasteiger partial charge in [0.15, 0.2) is 5.69 Å². The second-order valence-corrected chi connectivity index (χ2v) is 4.58. The van der Waals surface area contributed by atoms with Crippen LogP contribution >= 0.6 is 0 Å². The van der Waals surface area contributed by atoms with E-state index in [1.54, 1.807) is 24.5 Å². The molecule has 1 aromatic carbocycles. The molecule has 0 aliphatic carbocycles. The van der Waals surface area contributed by atoms with Crippen LogP contribution in [0, 0.1) is 6.92 Å². The number of rotatable bonds is 3. The zero-order valence-corrected chi connectivity index (χ0v) is 11.3. The average molecular weight is 280 g/mol. The molecule has 6 nitrogen and oxygen atoms in total. The van der Waals surface area contributed by atoms with E-state index in [1.165, 1.54) is 4.68 Å². The van der Waals surface area contributed by atoms with Crippen molar-refractivity contribution in [3.63, 3.8) is 0 Å². The Labute approximate surface area is 120 Å². The van der Waals surface area contributed by atoms with Gasteiger partial charge in [-0.05, 0) is 31.2 Å². The lowest BCUT2D eigenvalue weighted by atomic mass is 10.1. The predicted molar refractivity (Wildman–Crippen MR) is 76.3 cm³/mol. The van der Waals surface area contributed by atoms with Gasteiger partial charge in [0.1, 0.15) is 5.69 Å². The van der Waals surface area contributed by atoms with Gasteiger partial charge in [-0.2, -0.15) is 0 Å². The smallest absolute Gasteiger partial charge is 0.358 e. The molecule has 0 radical (unpaired) electrons. The van der Waals surface area contributed by atoms with Crippen molar-refractivity contribution >= 4 is 5.97 Å². The van der Waals surface area contributed by atoms with E-state index >= 15 is 0 Å². The number of aryl methyl sites for hydroxylation is 1. The van der Waals surface area contributed by atoms with E-state index in [-0.39, 0.29) is 5.69 Å². The molecule has 2 heterocycles. The van der Waals surface area contributed by atoms with Gasteiger partial charge >= 0.3 is 5.97 Å². The first kappa shape index (κ1) is 13.0. The maximum atomic E-state index is 11.4. The largest absolute Gasteiger partial charge is 0.476 e. The minimum atomic E-state index is -1.12. The summed E-state index contributed by atoms with van der Waals surface area (Å²) in [5, 5.41) is 17.0. The number of pyridine rings is 1. The molecule has 0 amide bonds. The third-order valence-electron chi connectivity index (χ3n) is 3.09. The molecule has 3 aromatic rings. The number of nitrogens with zero attached hydrogens (tertiary/aromatic N) is 4. The van der Waals surface area contributed by atoms with E-state index in [4.69, 9.17) is 0 Å². The predicted octanol–water partition coefficient (Wildman–Crippen LogP) is 2.34. The SMILES string of the molecule is Cc1ccc(-n2nnc(C(=O)O)c2-c2cccnc2)cc1. The topological polar surface area (TPSA) is 80.9 Å². The van der Waals surface area contributed by atoms with Gasteiger partial charge < -0.3 is 5.11 Å². The molecule has 1 N–H and O–H groups in total. The van der Waals surface area contributed by atoms with Crippen LogP contribution in [-0.4, -0.2) is 31.1 Å². The summed E-state index contributed by atoms with van der Waals surface area (Å²) in [7, 11) is 0. The fourth-order valence-electron chi connectivity index (χ4n) is 2.05. The first-order valence-electron chi connectivity index (χ1n) is 6.33. The quantitative estimate of drug-likeness (QED) is 0.796. The second kappa shape index (κ2) is 5.16. The summed E-state index contributed by atoms with van der Waals surface area (Å²) < 4.78 is 1.51. The lowest BCUT2D eigenvalue weighted by molar-refractivity contribution is 0.0691. The summed E-state index contributed by atoms with van der Waals surface area (Å²) in [5.41, 5.74) is 2.84. The summed E-state index contributed by atoms with van der Waals surface area (Å²) >= 11 is 0. The fourth-order valence-corrected chi connectivity index (χ4v) is 2.05. The first-order chi connectivity index (χ1) is 10.2. The highest BCUT2D eigenvalue weighted by Crippen LogP contribution is 2.24. The van der Waals surface area contributed by atoms with Gasteiger partial charge in [-0.25, -0.2) is 9.48 Å². The Kier molecular flexibility index (Phi) is 3.19. The number of benzene rings is 1. The molecule has 0 spiro atoms. The highest BCUT2D eigenvalue weighted by Gasteiger charge is 2.21. The minimum absolute atomic E-state index is 0.0939. The van der Waals surface area contributed by atoms with Crippen LogP contribution in [0.25, 0.3) is 16.9 Å². The van der Waals surface area contributed by atoms with Crippen molar-refractivity contribution in [3.05, 3.63) is 60.0 Å². The van der Waals surface area contributed by atoms with Gasteiger partial charge in [0.25, 0.3) is 0 Å². The fraction of sp³-hybridized carbons (Fsp3) is 0.0667. The monoisotopic (exact) mass is 280 g/mol. The van der Waals surface area contributed by atoms with E-state index in [9.17, 15) is 9.90 Å². The van der Waals surface area contributed by atoms with Crippen LogP contribution in [0.4, 0.5) is 0 Å². The van der Waals surface area contributed by atoms with E-state index in [1.807, 2.05) is 31.2 Å². The third kappa shape index (κ3) is 2.38. The average Bonchev–Trinajstić information content (AvgIpc) is 2.94. The van der Waals surface area contributed by atoms with Crippen molar-refractivity contribution in [2.24, 2.45) is 0 Å². The first-order valence-corrected chi connectivity index (χ1v) is 6.33. The minimum Gasteiger partial charge on any atom is -0.476 e. The lowest BCUT2D eigenvalue weighted by Crippen LogP contribution is -2.03. The number of hydrogen-bond donors (Lipinski definition) is 1. The second-order valence-electron chi connectivity index (χ2n) is 4.58. The zero-order valence-electron chi connectivity index (χ0n) is 11.3. The highest BCUT2D eigenvalue weighted by molar-refractivity contribution is 5.92. The van der Waals surface area contributed by atoms with Crippen LogP contribution in [0.3, 0.4) is 0 Å². The van der Waals surface area contributed by atoms with Crippen molar-refractivity contribution in [2.75, 3.05) is 0 Å². The van der Waals surface area contributed by atoms with Gasteiger partial charge in [-0.15, -0.1) is 5.10 Å². The van der Waals surface area contributed by atoms with Gasteiger partial charge in [0.05, 0.1) is 5.69 Å². The van der Waals surface area contributed by atoms with Crippen molar-refractivity contribution in [1.29, 1.82) is 0 Å². The van der Waals surface area contributed by atoms with Gasteiger partial charge in [0.2, 0.25) is 0 Å². The maximum absolute atomic E-state index is 11.4. The van der Waals surface area contributed by atoms with Crippen molar-refractivity contribution in [2.45, 2.75) is 6.92 Å². The summed E-state index contributed by atoms with van der Waals surface area (Å²) in [6, 6.07) is 11.1. The summed E-state index contributed by atoms with van der Waals surface area (Å²) in [6.45, 7) is 1.98. The van der Waals surface area contributed by atoms with Crippen LogP contribution in [0.5, 0.6) is 0 Å². The maximum Gasteiger partial charge on any atom is 0.358 e. The van der Waals surface area contributed by atoms with E-state index < -0.39 is 5.97 Å². The van der Waals surface area contributed by atoms with Gasteiger partial charge in [-0.1, -0.05) is 22.9 Å². The number of aromatic nitrogens is 4. The molecular formula is C15H12N4O2. The molecule has 3 rings (SSSR count). The van der Waals surface area contributed by atoms with Crippen LogP contribution in [0.1, 0.15) is 16.1 Å². The van der Waals surface area contributed by atoms with E-state index in [0.29, 0.717) is 11.3 Å². The number of aromatic carboxylic acids is 1. The van der Waals surface area contributed by atoms with Crippen molar-refractivity contribution < 1.29 is 9.90 Å². The molecule has 0 saturated carbocycles. The third-order valence-corrected chi connectivity index (χ3v) is 3.09. The Morgan fingerprint density at radius 3 is 2.57 bits per heavy atom. The van der Waals surface area contributed by atoms with E-state index in [2.05, 4.69) is 15.3 Å². The normalized spacial score (nSPS) is 10.5. The molecule has 0 atom stereocenters. The molecule has 0 unspecified atom stereocenters. The number of hydrogen-bond acceptors (Lipinski definition) is 4. The highest BCUT2D eigenvalue weighted by atomic mass is 16.4. The Morgan fingerprint density at radius 1 is 1.19 bits per heavy atom. The van der Waals surface area contributed by atoms with E-state index in [0.717, 1.165) is 11.3 Å². The number of carboxylic acid groups (broad SMARTS) is 1. The summed E-state index contributed by atoms with van der Waals surface area (Å²) in [4.78, 5) is 15.4.